The Balaban J connectivity index is 0.000000195. The van der Waals surface area contributed by atoms with Gasteiger partial charge in [0, 0.05) is 25.2 Å². The number of nitrogens with zero attached hydrogens (tertiary/aromatic N) is 1. The van der Waals surface area contributed by atoms with Crippen molar-refractivity contribution in [1.29, 1.82) is 0 Å². The van der Waals surface area contributed by atoms with E-state index in [0.717, 1.165) is 0 Å². The van der Waals surface area contributed by atoms with Crippen LogP contribution < -0.4 is 10.1 Å². The summed E-state index contributed by atoms with van der Waals surface area (Å²) in [6, 6.07) is 12.0. The molecular formula is C25H32N2O5. The van der Waals surface area contributed by atoms with E-state index in [-0.39, 0.29) is 35.2 Å². The Morgan fingerprint density at radius 3 is 2.44 bits per heavy atom. The molecule has 7 nitrogen and oxygen atoms in total. The molecule has 2 N–H and O–H groups in total. The third-order valence-electron chi connectivity index (χ3n) is 6.27. The number of benzene rings is 1. The Labute approximate surface area is 189 Å². The Hall–Kier alpha value is -3.09. The minimum atomic E-state index is -0.448. The molecule has 4 atom stereocenters. The van der Waals surface area contributed by atoms with Crippen molar-refractivity contribution in [3.63, 3.8) is 0 Å². The van der Waals surface area contributed by atoms with Crippen molar-refractivity contribution in [2.75, 3.05) is 14.2 Å². The number of methoxy groups -OCH3 is 1. The van der Waals surface area contributed by atoms with Crippen LogP contribution in [0.15, 0.2) is 42.6 Å². The third-order valence-corrected chi connectivity index (χ3v) is 6.27. The molecule has 0 saturated heterocycles. The lowest BCUT2D eigenvalue weighted by atomic mass is 9.75. The molecule has 1 amide bonds. The van der Waals surface area contributed by atoms with Gasteiger partial charge in [-0.2, -0.15) is 0 Å². The first kappa shape index (κ1) is 23.6. The van der Waals surface area contributed by atoms with Crippen LogP contribution in [-0.4, -0.2) is 42.2 Å². The normalized spacial score (nSPS) is 23.3. The van der Waals surface area contributed by atoms with E-state index in [1.807, 2.05) is 19.9 Å². The maximum absolute atomic E-state index is 12.4. The zero-order chi connectivity index (χ0) is 23.3. The smallest absolute Gasteiger partial charge is 0.310 e. The number of aromatic nitrogens is 1. The van der Waals surface area contributed by atoms with Gasteiger partial charge in [-0.1, -0.05) is 30.3 Å². The Morgan fingerprint density at radius 1 is 1.12 bits per heavy atom. The van der Waals surface area contributed by atoms with Crippen LogP contribution in [0.4, 0.5) is 0 Å². The van der Waals surface area contributed by atoms with E-state index in [1.54, 1.807) is 0 Å². The first-order valence-corrected chi connectivity index (χ1v) is 11.1. The number of nitrogens with one attached hydrogen (secondary N) is 1. The van der Waals surface area contributed by atoms with Gasteiger partial charge in [-0.3, -0.25) is 9.59 Å². The fourth-order valence-electron chi connectivity index (χ4n) is 4.98. The average molecular weight is 441 g/mol. The van der Waals surface area contributed by atoms with Crippen LogP contribution in [0.3, 0.4) is 0 Å². The van der Waals surface area contributed by atoms with Crippen LogP contribution in [0, 0.1) is 17.8 Å². The fraction of sp³-hybridized carbons (Fsp3) is 0.480. The second-order valence-electron chi connectivity index (χ2n) is 8.57. The molecule has 3 unspecified atom stereocenters. The summed E-state index contributed by atoms with van der Waals surface area (Å²) in [6.07, 6.45) is 5.06. The largest absolute Gasteiger partial charge is 0.503 e. The molecule has 2 fully saturated rings. The first-order chi connectivity index (χ1) is 15.4. The summed E-state index contributed by atoms with van der Waals surface area (Å²) in [5.74, 6) is 1.25. The molecule has 2 aliphatic rings. The van der Waals surface area contributed by atoms with Crippen LogP contribution in [0.2, 0.25) is 0 Å². The van der Waals surface area contributed by atoms with E-state index in [9.17, 15) is 14.7 Å². The van der Waals surface area contributed by atoms with Gasteiger partial charge in [0.25, 0.3) is 5.91 Å². The number of carbonyl (C=O) groups excluding carboxylic acids is 2. The molecule has 1 aromatic carbocycles. The van der Waals surface area contributed by atoms with Crippen molar-refractivity contribution in [3.05, 3.63) is 53.9 Å². The maximum Gasteiger partial charge on any atom is 0.310 e. The van der Waals surface area contributed by atoms with Crippen molar-refractivity contribution >= 4 is 11.9 Å². The summed E-state index contributed by atoms with van der Waals surface area (Å²) in [7, 11) is 2.87. The Morgan fingerprint density at radius 2 is 1.81 bits per heavy atom. The molecule has 2 saturated carbocycles. The fourth-order valence-corrected chi connectivity index (χ4v) is 4.98. The van der Waals surface area contributed by atoms with Gasteiger partial charge < -0.3 is 19.9 Å². The Bertz CT molecular complexity index is 931. The molecule has 1 heterocycles. The summed E-state index contributed by atoms with van der Waals surface area (Å²) in [5, 5.41) is 11.8. The lowest BCUT2D eigenvalue weighted by Gasteiger charge is -2.30. The van der Waals surface area contributed by atoms with Crippen molar-refractivity contribution in [3.8, 4) is 11.5 Å². The molecule has 172 valence electrons. The van der Waals surface area contributed by atoms with E-state index in [1.165, 1.54) is 51.2 Å². The summed E-state index contributed by atoms with van der Waals surface area (Å²) >= 11 is 0. The van der Waals surface area contributed by atoms with E-state index in [2.05, 4.69) is 34.6 Å². The monoisotopic (exact) mass is 440 g/mol. The molecule has 2 bridgehead atoms. The number of carbonyl (C=O) groups is 2. The number of pyridine rings is 1. The lowest BCUT2D eigenvalue weighted by molar-refractivity contribution is -0.155. The van der Waals surface area contributed by atoms with Crippen LogP contribution in [0.5, 0.6) is 11.5 Å². The van der Waals surface area contributed by atoms with E-state index < -0.39 is 5.91 Å². The van der Waals surface area contributed by atoms with E-state index >= 15 is 0 Å². The van der Waals surface area contributed by atoms with E-state index in [0.29, 0.717) is 17.8 Å². The van der Waals surface area contributed by atoms with Crippen molar-refractivity contribution in [2.24, 2.45) is 17.8 Å². The number of aromatic hydroxyl groups is 1. The molecule has 2 aliphatic carbocycles. The van der Waals surface area contributed by atoms with Gasteiger partial charge in [0.05, 0.1) is 19.1 Å². The summed E-state index contributed by atoms with van der Waals surface area (Å²) in [4.78, 5) is 27.2. The van der Waals surface area contributed by atoms with Gasteiger partial charge in [-0.05, 0) is 50.5 Å². The predicted molar refractivity (Wildman–Crippen MR) is 121 cm³/mol. The SMILES string of the molecule is CC(C)OC(=O)[C@@H]1C2CCC(C2)C1c1ccccc1.CNC(=O)c1nccc(OC)c1O. The third kappa shape index (κ3) is 5.03. The summed E-state index contributed by atoms with van der Waals surface area (Å²) in [6.45, 7) is 3.87. The molecule has 2 aromatic rings. The highest BCUT2D eigenvalue weighted by atomic mass is 16.5. The molecule has 7 heteroatoms. The zero-order valence-electron chi connectivity index (χ0n) is 19.1. The van der Waals surface area contributed by atoms with Crippen molar-refractivity contribution in [2.45, 2.75) is 45.1 Å². The average Bonchev–Trinajstić information content (AvgIpc) is 3.41. The van der Waals surface area contributed by atoms with Gasteiger partial charge >= 0.3 is 5.97 Å². The minimum Gasteiger partial charge on any atom is -0.503 e. The van der Waals surface area contributed by atoms with Crippen LogP contribution >= 0.6 is 0 Å². The van der Waals surface area contributed by atoms with Crippen molar-refractivity contribution in [1.82, 2.24) is 10.3 Å². The number of rotatable bonds is 5. The topological polar surface area (TPSA) is 97.8 Å². The molecule has 32 heavy (non-hydrogen) atoms. The van der Waals surface area contributed by atoms with E-state index in [4.69, 9.17) is 9.47 Å². The van der Waals surface area contributed by atoms with Gasteiger partial charge in [0.15, 0.2) is 17.2 Å². The number of hydrogen-bond acceptors (Lipinski definition) is 6. The molecule has 0 spiro atoms. The van der Waals surface area contributed by atoms with Crippen LogP contribution in [0.1, 0.15) is 55.1 Å². The first-order valence-electron chi connectivity index (χ1n) is 11.1. The quantitative estimate of drug-likeness (QED) is 0.684. The maximum atomic E-state index is 12.4. The highest BCUT2D eigenvalue weighted by Crippen LogP contribution is 2.57. The predicted octanol–water partition coefficient (Wildman–Crippen LogP) is 3.92. The highest BCUT2D eigenvalue weighted by molar-refractivity contribution is 5.95. The number of fused-ring (bicyclic) bond motifs is 2. The summed E-state index contributed by atoms with van der Waals surface area (Å²) in [5.41, 5.74) is 1.28. The summed E-state index contributed by atoms with van der Waals surface area (Å²) < 4.78 is 10.3. The van der Waals surface area contributed by atoms with Crippen LogP contribution in [-0.2, 0) is 9.53 Å². The molecule has 0 radical (unpaired) electrons. The minimum absolute atomic E-state index is 0.0111. The molecule has 4 rings (SSSR count). The number of esters is 1. The molecule has 0 aliphatic heterocycles. The van der Waals surface area contributed by atoms with Gasteiger partial charge in [0.1, 0.15) is 0 Å². The molecule has 1 aromatic heterocycles. The zero-order valence-corrected chi connectivity index (χ0v) is 19.1. The second-order valence-corrected chi connectivity index (χ2v) is 8.57. The van der Waals surface area contributed by atoms with Gasteiger partial charge in [-0.25, -0.2) is 4.98 Å². The highest BCUT2D eigenvalue weighted by Gasteiger charge is 2.52. The lowest BCUT2D eigenvalue weighted by Crippen LogP contribution is -2.31. The number of ether oxygens (including phenoxy) is 2. The second kappa shape index (κ2) is 10.5. The Kier molecular flexibility index (Phi) is 7.72. The van der Waals surface area contributed by atoms with Crippen LogP contribution in [0.25, 0.3) is 0 Å². The standard InChI is InChI=1S/C17H22O2.C8H10N2O3/c1-11(2)19-17(18)16-14-9-8-13(10-14)15(16)12-6-4-3-5-7-12;1-9-8(12)6-7(11)5(13-2)3-4-10-6/h3-7,11,13-16H,8-10H2,1-2H3;3-4,11H,1-2H3,(H,9,12)/t13?,14?,15?,16-;/m1./s1. The molecular weight excluding hydrogens is 408 g/mol. The van der Waals surface area contributed by atoms with Crippen molar-refractivity contribution < 1.29 is 24.2 Å². The van der Waals surface area contributed by atoms with Gasteiger partial charge in [-0.15, -0.1) is 0 Å². The van der Waals surface area contributed by atoms with Gasteiger partial charge in [0.2, 0.25) is 0 Å². The number of hydrogen-bond donors (Lipinski definition) is 2. The number of amides is 1.